The van der Waals surface area contributed by atoms with Crippen LogP contribution in [0.15, 0.2) is 17.3 Å². The van der Waals surface area contributed by atoms with E-state index in [-0.39, 0.29) is 23.6 Å². The number of hydrogen-bond donors (Lipinski definition) is 2. The normalized spacial score (nSPS) is 28.2. The van der Waals surface area contributed by atoms with Crippen LogP contribution in [0.5, 0.6) is 0 Å². The highest BCUT2D eigenvalue weighted by atomic mass is 19.3. The van der Waals surface area contributed by atoms with E-state index in [0.717, 1.165) is 5.84 Å². The Labute approximate surface area is 174 Å². The van der Waals surface area contributed by atoms with Gasteiger partial charge < -0.3 is 25.4 Å². The minimum atomic E-state index is -2.78. The number of aromatic nitrogens is 2. The lowest BCUT2D eigenvalue weighted by Gasteiger charge is -2.42. The molecule has 4 rings (SSSR count). The zero-order chi connectivity index (χ0) is 21.3. The lowest BCUT2D eigenvalue weighted by atomic mass is 10.1. The van der Waals surface area contributed by atoms with Crippen molar-refractivity contribution in [2.45, 2.75) is 38.6 Å². The number of anilines is 1. The number of rotatable bonds is 3. The van der Waals surface area contributed by atoms with Gasteiger partial charge in [-0.2, -0.15) is 0 Å². The average molecular weight is 423 g/mol. The van der Waals surface area contributed by atoms with Gasteiger partial charge in [0.25, 0.3) is 6.43 Å². The van der Waals surface area contributed by atoms with E-state index >= 15 is 0 Å². The van der Waals surface area contributed by atoms with Crippen LogP contribution in [0.25, 0.3) is 5.70 Å². The maximum absolute atomic E-state index is 13.7. The molecule has 3 aliphatic heterocycles. The molecule has 1 unspecified atom stereocenters. The Morgan fingerprint density at radius 3 is 2.60 bits per heavy atom. The van der Waals surface area contributed by atoms with Crippen molar-refractivity contribution in [1.82, 2.24) is 25.1 Å². The van der Waals surface area contributed by atoms with Gasteiger partial charge in [-0.25, -0.2) is 23.7 Å². The first-order valence-electron chi connectivity index (χ1n) is 10.1. The number of hydrogen-bond acceptors (Lipinski definition) is 9. The summed E-state index contributed by atoms with van der Waals surface area (Å²) in [4.78, 5) is 17.0. The number of nitrogens with two attached hydrogens (primary N) is 1. The van der Waals surface area contributed by atoms with E-state index < -0.39 is 18.4 Å². The molecule has 3 aliphatic rings. The molecule has 1 aromatic rings. The number of nitrogens with one attached hydrogen (secondary N) is 1. The topological polar surface area (TPSA) is 101 Å². The van der Waals surface area contributed by atoms with Crippen LogP contribution >= 0.6 is 0 Å². The molecule has 4 heterocycles. The molecule has 11 heteroatoms. The molecule has 0 radical (unpaired) electrons. The van der Waals surface area contributed by atoms with Crippen molar-refractivity contribution in [3.8, 4) is 0 Å². The van der Waals surface area contributed by atoms with Crippen LogP contribution in [0.2, 0.25) is 0 Å². The molecule has 3 N–H and O–H groups in total. The molecule has 0 saturated carbocycles. The SMILES string of the molecule is C[C@H]1COCCN1C1=NC(N2CCOC[C@@H]2C)NC(c2cnc(N)nc2C(F)F)=C1. The van der Waals surface area contributed by atoms with Crippen molar-refractivity contribution in [2.75, 3.05) is 45.3 Å². The van der Waals surface area contributed by atoms with Gasteiger partial charge in [-0.3, -0.25) is 4.90 Å². The van der Waals surface area contributed by atoms with Crippen molar-refractivity contribution in [2.24, 2.45) is 4.99 Å². The average Bonchev–Trinajstić information content (AvgIpc) is 2.74. The Morgan fingerprint density at radius 1 is 1.17 bits per heavy atom. The number of aliphatic imine (C=N–C) groups is 1. The maximum Gasteiger partial charge on any atom is 0.281 e. The van der Waals surface area contributed by atoms with Crippen molar-refractivity contribution in [3.63, 3.8) is 0 Å². The van der Waals surface area contributed by atoms with E-state index in [0.29, 0.717) is 45.2 Å². The van der Waals surface area contributed by atoms with Gasteiger partial charge in [0, 0.05) is 37.0 Å². The summed E-state index contributed by atoms with van der Waals surface area (Å²) in [7, 11) is 0. The van der Waals surface area contributed by atoms with E-state index in [2.05, 4.69) is 38.9 Å². The Bertz CT molecular complexity index is 835. The second kappa shape index (κ2) is 8.78. The second-order valence-corrected chi connectivity index (χ2v) is 7.67. The van der Waals surface area contributed by atoms with Crippen molar-refractivity contribution >= 4 is 17.5 Å². The second-order valence-electron chi connectivity index (χ2n) is 7.67. The van der Waals surface area contributed by atoms with Crippen LogP contribution in [0.4, 0.5) is 14.7 Å². The van der Waals surface area contributed by atoms with Crippen LogP contribution < -0.4 is 11.1 Å². The standard InChI is InChI=1S/C19H27F2N7O2/c1-11-9-29-5-3-27(11)15-7-14(13-8-23-18(22)26-16(13)17(20)21)24-19(25-15)28-4-6-30-10-12(28)2/h7-8,11-12,17,19,24H,3-6,9-10H2,1-2H3,(H2,22,23,26)/t11-,12-,19?/m0/s1. The van der Waals surface area contributed by atoms with Gasteiger partial charge >= 0.3 is 0 Å². The Morgan fingerprint density at radius 2 is 1.90 bits per heavy atom. The smallest absolute Gasteiger partial charge is 0.281 e. The number of ether oxygens (including phenoxy) is 2. The molecule has 30 heavy (non-hydrogen) atoms. The zero-order valence-corrected chi connectivity index (χ0v) is 17.1. The molecule has 0 aliphatic carbocycles. The van der Waals surface area contributed by atoms with Crippen LogP contribution in [0.1, 0.15) is 31.5 Å². The van der Waals surface area contributed by atoms with Gasteiger partial charge in [0.1, 0.15) is 11.5 Å². The van der Waals surface area contributed by atoms with E-state index in [1.807, 2.05) is 0 Å². The molecule has 3 atom stereocenters. The van der Waals surface area contributed by atoms with Crippen LogP contribution in [0.3, 0.4) is 0 Å². The minimum Gasteiger partial charge on any atom is -0.379 e. The molecular formula is C19H27F2N7O2. The molecular weight excluding hydrogens is 396 g/mol. The Balaban J connectivity index is 1.73. The van der Waals surface area contributed by atoms with Gasteiger partial charge in [0.05, 0.1) is 38.2 Å². The fraction of sp³-hybridized carbons (Fsp3) is 0.632. The predicted octanol–water partition coefficient (Wildman–Crippen LogP) is 1.06. The highest BCUT2D eigenvalue weighted by Crippen LogP contribution is 2.28. The molecule has 2 saturated heterocycles. The van der Waals surface area contributed by atoms with E-state index in [1.54, 1.807) is 6.08 Å². The number of alkyl halides is 2. The minimum absolute atomic E-state index is 0.119. The quantitative estimate of drug-likeness (QED) is 0.745. The molecule has 2 fully saturated rings. The monoisotopic (exact) mass is 423 g/mol. The summed E-state index contributed by atoms with van der Waals surface area (Å²) in [5.41, 5.74) is 5.88. The van der Waals surface area contributed by atoms with Crippen molar-refractivity contribution in [3.05, 3.63) is 23.5 Å². The lowest BCUT2D eigenvalue weighted by molar-refractivity contribution is -0.0248. The fourth-order valence-corrected chi connectivity index (χ4v) is 3.93. The number of nitrogen functional groups attached to an aromatic ring is 1. The number of halogens is 2. The summed E-state index contributed by atoms with van der Waals surface area (Å²) in [5, 5.41) is 3.30. The zero-order valence-electron chi connectivity index (χ0n) is 17.1. The summed E-state index contributed by atoms with van der Waals surface area (Å²) in [6.07, 6.45) is -0.0753. The third-order valence-corrected chi connectivity index (χ3v) is 5.54. The van der Waals surface area contributed by atoms with E-state index in [1.165, 1.54) is 6.20 Å². The van der Waals surface area contributed by atoms with Crippen LogP contribution in [-0.2, 0) is 9.47 Å². The summed E-state index contributed by atoms with van der Waals surface area (Å²) >= 11 is 0. The molecule has 0 spiro atoms. The number of amidine groups is 1. The van der Waals surface area contributed by atoms with Crippen LogP contribution in [-0.4, -0.2) is 83.5 Å². The van der Waals surface area contributed by atoms with Gasteiger partial charge in [-0.05, 0) is 13.8 Å². The Kier molecular flexibility index (Phi) is 6.11. The summed E-state index contributed by atoms with van der Waals surface area (Å²) in [6.45, 7) is 7.82. The van der Waals surface area contributed by atoms with Crippen molar-refractivity contribution in [1.29, 1.82) is 0 Å². The van der Waals surface area contributed by atoms with Gasteiger partial charge in [-0.15, -0.1) is 0 Å². The lowest BCUT2D eigenvalue weighted by Crippen LogP contribution is -2.56. The summed E-state index contributed by atoms with van der Waals surface area (Å²) in [6, 6.07) is 0.244. The Hall–Kier alpha value is -2.37. The third-order valence-electron chi connectivity index (χ3n) is 5.54. The number of morpholine rings is 2. The van der Waals surface area contributed by atoms with Gasteiger partial charge in [0.15, 0.2) is 6.29 Å². The molecule has 0 amide bonds. The maximum atomic E-state index is 13.7. The molecule has 0 aromatic carbocycles. The van der Waals surface area contributed by atoms with E-state index in [4.69, 9.17) is 20.2 Å². The molecule has 164 valence electrons. The number of nitrogens with zero attached hydrogens (tertiary/aromatic N) is 5. The van der Waals surface area contributed by atoms with Crippen molar-refractivity contribution < 1.29 is 18.3 Å². The molecule has 0 bridgehead atoms. The third kappa shape index (κ3) is 4.23. The first kappa shape index (κ1) is 20.9. The highest BCUT2D eigenvalue weighted by molar-refractivity contribution is 6.00. The van der Waals surface area contributed by atoms with E-state index in [9.17, 15) is 8.78 Å². The first-order valence-corrected chi connectivity index (χ1v) is 10.1. The molecule has 9 nitrogen and oxygen atoms in total. The summed E-state index contributed by atoms with van der Waals surface area (Å²) < 4.78 is 38.5. The fourth-order valence-electron chi connectivity index (χ4n) is 3.93. The van der Waals surface area contributed by atoms with Crippen LogP contribution in [0, 0.1) is 0 Å². The first-order chi connectivity index (χ1) is 14.4. The highest BCUT2D eigenvalue weighted by Gasteiger charge is 2.33. The molecule has 1 aromatic heterocycles. The van der Waals surface area contributed by atoms with Gasteiger partial charge in [0.2, 0.25) is 5.95 Å². The van der Waals surface area contributed by atoms with Gasteiger partial charge in [-0.1, -0.05) is 0 Å². The summed E-state index contributed by atoms with van der Waals surface area (Å²) in [5.74, 6) is 0.541. The predicted molar refractivity (Wildman–Crippen MR) is 108 cm³/mol. The largest absolute Gasteiger partial charge is 0.379 e.